The number of likely N-dealkylation sites (tertiary alicyclic amines) is 1. The number of piperidine rings is 1. The lowest BCUT2D eigenvalue weighted by Crippen LogP contribution is -2.51. The molecular formula is C13H26N4O2. The van der Waals surface area contributed by atoms with E-state index in [9.17, 15) is 9.59 Å². The second-order valence-corrected chi connectivity index (χ2v) is 5.45. The Hall–Kier alpha value is -1.14. The Balaban J connectivity index is 2.24. The zero-order valence-electron chi connectivity index (χ0n) is 11.9. The van der Waals surface area contributed by atoms with Crippen LogP contribution in [-0.2, 0) is 4.79 Å². The first-order chi connectivity index (χ1) is 9.01. The molecule has 0 aromatic heterocycles. The van der Waals surface area contributed by atoms with Gasteiger partial charge in [0.25, 0.3) is 0 Å². The normalized spacial score (nSPS) is 23.9. The SMILES string of the molecule is CCCCNC(=O)NC(=O)CN1CC(C)CC(N)C1. The maximum absolute atomic E-state index is 11.7. The highest BCUT2D eigenvalue weighted by molar-refractivity contribution is 5.95. The average molecular weight is 270 g/mol. The third-order valence-electron chi connectivity index (χ3n) is 3.20. The van der Waals surface area contributed by atoms with Crippen molar-refractivity contribution in [1.29, 1.82) is 0 Å². The van der Waals surface area contributed by atoms with Crippen molar-refractivity contribution in [2.24, 2.45) is 11.7 Å². The molecule has 1 rings (SSSR count). The molecule has 19 heavy (non-hydrogen) atoms. The Morgan fingerprint density at radius 1 is 1.37 bits per heavy atom. The molecule has 2 atom stereocenters. The van der Waals surface area contributed by atoms with Crippen molar-refractivity contribution < 1.29 is 9.59 Å². The summed E-state index contributed by atoms with van der Waals surface area (Å²) in [7, 11) is 0. The predicted molar refractivity (Wildman–Crippen MR) is 74.6 cm³/mol. The van der Waals surface area contributed by atoms with Crippen LogP contribution >= 0.6 is 0 Å². The Bertz CT molecular complexity index is 299. The number of carbonyl (C=O) groups excluding carboxylic acids is 2. The topological polar surface area (TPSA) is 87.5 Å². The van der Waals surface area contributed by atoms with E-state index in [2.05, 4.69) is 17.6 Å². The molecule has 1 saturated heterocycles. The molecule has 1 aliphatic heterocycles. The minimum Gasteiger partial charge on any atom is -0.338 e. The van der Waals surface area contributed by atoms with Gasteiger partial charge in [0.2, 0.25) is 5.91 Å². The lowest BCUT2D eigenvalue weighted by Gasteiger charge is -2.34. The smallest absolute Gasteiger partial charge is 0.321 e. The second-order valence-electron chi connectivity index (χ2n) is 5.45. The van der Waals surface area contributed by atoms with Crippen LogP contribution in [-0.4, -0.2) is 49.1 Å². The Labute approximate surface area is 115 Å². The van der Waals surface area contributed by atoms with Gasteiger partial charge in [0.05, 0.1) is 6.54 Å². The summed E-state index contributed by atoms with van der Waals surface area (Å²) in [6.07, 6.45) is 2.92. The summed E-state index contributed by atoms with van der Waals surface area (Å²) >= 11 is 0. The van der Waals surface area contributed by atoms with Gasteiger partial charge in [-0.1, -0.05) is 20.3 Å². The van der Waals surface area contributed by atoms with E-state index in [-0.39, 0.29) is 18.5 Å². The Morgan fingerprint density at radius 2 is 2.11 bits per heavy atom. The quantitative estimate of drug-likeness (QED) is 0.626. The van der Waals surface area contributed by atoms with Gasteiger partial charge in [-0.2, -0.15) is 0 Å². The van der Waals surface area contributed by atoms with Crippen LogP contribution < -0.4 is 16.4 Å². The van der Waals surface area contributed by atoms with Gasteiger partial charge in [0.1, 0.15) is 0 Å². The van der Waals surface area contributed by atoms with Crippen molar-refractivity contribution in [2.75, 3.05) is 26.2 Å². The van der Waals surface area contributed by atoms with Crippen molar-refractivity contribution in [3.05, 3.63) is 0 Å². The third kappa shape index (κ3) is 6.54. The third-order valence-corrected chi connectivity index (χ3v) is 3.20. The van der Waals surface area contributed by atoms with Crippen LogP contribution in [0, 0.1) is 5.92 Å². The fourth-order valence-electron chi connectivity index (χ4n) is 2.43. The lowest BCUT2D eigenvalue weighted by molar-refractivity contribution is -0.121. The number of hydrogen-bond acceptors (Lipinski definition) is 4. The molecule has 0 radical (unpaired) electrons. The molecule has 0 spiro atoms. The number of carbonyl (C=O) groups is 2. The number of nitrogens with zero attached hydrogens (tertiary/aromatic N) is 1. The molecule has 1 heterocycles. The molecule has 1 aliphatic rings. The van der Waals surface area contributed by atoms with Crippen LogP contribution in [0.1, 0.15) is 33.1 Å². The summed E-state index contributed by atoms with van der Waals surface area (Å²) in [5, 5.41) is 5.00. The fraction of sp³-hybridized carbons (Fsp3) is 0.846. The van der Waals surface area contributed by atoms with E-state index in [0.29, 0.717) is 12.5 Å². The standard InChI is InChI=1S/C13H26N4O2/c1-3-4-5-15-13(19)16-12(18)9-17-7-10(2)6-11(14)8-17/h10-11H,3-9,14H2,1-2H3,(H2,15,16,18,19). The number of unbranched alkanes of at least 4 members (excludes halogenated alkanes) is 1. The number of urea groups is 1. The van der Waals surface area contributed by atoms with Crippen LogP contribution in [0.5, 0.6) is 0 Å². The zero-order valence-corrected chi connectivity index (χ0v) is 11.9. The maximum atomic E-state index is 11.7. The van der Waals surface area contributed by atoms with E-state index in [0.717, 1.165) is 32.4 Å². The number of rotatable bonds is 5. The van der Waals surface area contributed by atoms with Crippen molar-refractivity contribution in [3.8, 4) is 0 Å². The molecule has 6 heteroatoms. The highest BCUT2D eigenvalue weighted by atomic mass is 16.2. The summed E-state index contributed by atoms with van der Waals surface area (Å²) in [6.45, 7) is 6.58. The summed E-state index contributed by atoms with van der Waals surface area (Å²) in [5.74, 6) is 0.227. The van der Waals surface area contributed by atoms with E-state index in [1.807, 2.05) is 11.8 Å². The Kier molecular flexibility index (Phi) is 6.80. The van der Waals surface area contributed by atoms with Crippen molar-refractivity contribution in [2.45, 2.75) is 39.2 Å². The first kappa shape index (κ1) is 15.9. The molecule has 110 valence electrons. The van der Waals surface area contributed by atoms with Gasteiger partial charge in [-0.25, -0.2) is 4.79 Å². The van der Waals surface area contributed by atoms with Crippen molar-refractivity contribution in [1.82, 2.24) is 15.5 Å². The van der Waals surface area contributed by atoms with Gasteiger partial charge in [-0.15, -0.1) is 0 Å². The fourth-order valence-corrected chi connectivity index (χ4v) is 2.43. The summed E-state index contributed by atoms with van der Waals surface area (Å²) < 4.78 is 0. The molecule has 2 unspecified atom stereocenters. The number of imide groups is 1. The van der Waals surface area contributed by atoms with Crippen LogP contribution in [0.2, 0.25) is 0 Å². The van der Waals surface area contributed by atoms with Crippen molar-refractivity contribution >= 4 is 11.9 Å². The molecular weight excluding hydrogens is 244 g/mol. The van der Waals surface area contributed by atoms with Gasteiger partial charge in [0.15, 0.2) is 0 Å². The van der Waals surface area contributed by atoms with Gasteiger partial charge in [-0.3, -0.25) is 15.0 Å². The number of nitrogens with two attached hydrogens (primary N) is 1. The number of nitrogens with one attached hydrogen (secondary N) is 2. The van der Waals surface area contributed by atoms with Crippen LogP contribution in [0.3, 0.4) is 0 Å². The maximum Gasteiger partial charge on any atom is 0.321 e. The Morgan fingerprint density at radius 3 is 2.74 bits per heavy atom. The minimum absolute atomic E-state index is 0.120. The summed E-state index contributed by atoms with van der Waals surface area (Å²) in [4.78, 5) is 25.1. The summed E-state index contributed by atoms with van der Waals surface area (Å²) in [5.41, 5.74) is 5.92. The molecule has 0 saturated carbocycles. The minimum atomic E-state index is -0.409. The van der Waals surface area contributed by atoms with Crippen LogP contribution in [0.4, 0.5) is 4.79 Å². The van der Waals surface area contributed by atoms with E-state index in [4.69, 9.17) is 5.73 Å². The second kappa shape index (κ2) is 8.12. The summed E-state index contributed by atoms with van der Waals surface area (Å²) in [6, 6.07) is -0.289. The van der Waals surface area contributed by atoms with E-state index in [1.165, 1.54) is 0 Å². The van der Waals surface area contributed by atoms with Crippen molar-refractivity contribution in [3.63, 3.8) is 0 Å². The molecule has 0 aromatic carbocycles. The molecule has 6 nitrogen and oxygen atoms in total. The monoisotopic (exact) mass is 270 g/mol. The van der Waals surface area contributed by atoms with Gasteiger partial charge < -0.3 is 11.1 Å². The van der Waals surface area contributed by atoms with Crippen LogP contribution in [0.25, 0.3) is 0 Å². The van der Waals surface area contributed by atoms with E-state index in [1.54, 1.807) is 0 Å². The number of hydrogen-bond donors (Lipinski definition) is 3. The van der Waals surface area contributed by atoms with E-state index < -0.39 is 6.03 Å². The highest BCUT2D eigenvalue weighted by Crippen LogP contribution is 2.14. The molecule has 0 aliphatic carbocycles. The average Bonchev–Trinajstić information content (AvgIpc) is 2.27. The molecule has 0 aromatic rings. The van der Waals surface area contributed by atoms with Gasteiger partial charge in [-0.05, 0) is 18.8 Å². The number of amides is 3. The highest BCUT2D eigenvalue weighted by Gasteiger charge is 2.23. The van der Waals surface area contributed by atoms with E-state index >= 15 is 0 Å². The molecule has 0 bridgehead atoms. The largest absolute Gasteiger partial charge is 0.338 e. The van der Waals surface area contributed by atoms with Crippen LogP contribution in [0.15, 0.2) is 0 Å². The first-order valence-electron chi connectivity index (χ1n) is 7.06. The van der Waals surface area contributed by atoms with Gasteiger partial charge in [0, 0.05) is 25.7 Å². The zero-order chi connectivity index (χ0) is 14.3. The lowest BCUT2D eigenvalue weighted by atomic mass is 9.97. The molecule has 4 N–H and O–H groups in total. The molecule has 1 fully saturated rings. The van der Waals surface area contributed by atoms with Gasteiger partial charge >= 0.3 is 6.03 Å². The predicted octanol–water partition coefficient (Wildman–Crippen LogP) is 0.281. The first-order valence-corrected chi connectivity index (χ1v) is 7.06. The molecule has 3 amide bonds.